The molecular weight excluding hydrogens is 594 g/mol. The Hall–Kier alpha value is -3.04. The third-order valence-corrected chi connectivity index (χ3v) is 6.58. The van der Waals surface area contributed by atoms with Crippen molar-refractivity contribution in [3.8, 4) is 5.75 Å². The number of hydrogen-bond acceptors (Lipinski definition) is 12. The Bertz CT molecular complexity index is 1140. The zero-order valence-corrected chi connectivity index (χ0v) is 26.4. The van der Waals surface area contributed by atoms with Crippen LogP contribution in [0.15, 0.2) is 23.3 Å². The van der Waals surface area contributed by atoms with E-state index in [0.717, 1.165) is 41.9 Å². The van der Waals surface area contributed by atoms with E-state index < -0.39 is 22.5 Å². The van der Waals surface area contributed by atoms with E-state index in [2.05, 4.69) is 23.2 Å². The van der Waals surface area contributed by atoms with Gasteiger partial charge in [0.05, 0.1) is 65.0 Å². The lowest BCUT2D eigenvalue weighted by molar-refractivity contribution is -0.198. The summed E-state index contributed by atoms with van der Waals surface area (Å²) in [6, 6.07) is 5.91. The number of fused-ring (bicyclic) bond motifs is 1. The first kappa shape index (κ1) is 35.4. The van der Waals surface area contributed by atoms with Crippen LogP contribution < -0.4 is 10.2 Å². The number of nitrogens with zero attached hydrogens (tertiary/aromatic N) is 2. The van der Waals surface area contributed by atoms with Crippen molar-refractivity contribution < 1.29 is 47.7 Å². The Balaban J connectivity index is 1.15. The van der Waals surface area contributed by atoms with Gasteiger partial charge in [0.15, 0.2) is 0 Å². The Morgan fingerprint density at radius 3 is 2.07 bits per heavy atom. The summed E-state index contributed by atoms with van der Waals surface area (Å²) in [4.78, 5) is 51.3. The summed E-state index contributed by atoms with van der Waals surface area (Å²) in [5, 5.41) is 4.89. The van der Waals surface area contributed by atoms with Crippen molar-refractivity contribution in [3.05, 3.63) is 29.3 Å². The first-order chi connectivity index (χ1) is 21.1. The minimum Gasteiger partial charge on any atom is -0.491 e. The van der Waals surface area contributed by atoms with Gasteiger partial charge in [-0.05, 0) is 43.0 Å². The smallest absolute Gasteiger partial charge is 0.335 e. The van der Waals surface area contributed by atoms with Crippen molar-refractivity contribution in [2.45, 2.75) is 63.5 Å². The summed E-state index contributed by atoms with van der Waals surface area (Å²) >= 11 is 4.40. The summed E-state index contributed by atoms with van der Waals surface area (Å²) in [5.41, 5.74) is 5.72. The maximum atomic E-state index is 12.1. The maximum Gasteiger partial charge on any atom is 0.335 e. The number of aryl methyl sites for hydroxylation is 1. The Morgan fingerprint density at radius 1 is 0.864 bits per heavy atom. The fourth-order valence-electron chi connectivity index (χ4n) is 4.35. The van der Waals surface area contributed by atoms with Gasteiger partial charge in [-0.2, -0.15) is 17.7 Å². The second-order valence-corrected chi connectivity index (χ2v) is 12.1. The van der Waals surface area contributed by atoms with E-state index in [1.54, 1.807) is 0 Å². The van der Waals surface area contributed by atoms with Gasteiger partial charge >= 0.3 is 5.97 Å². The molecule has 13 nitrogen and oxygen atoms in total. The fraction of sp³-hybridized carbons (Fsp3) is 0.633. The summed E-state index contributed by atoms with van der Waals surface area (Å²) in [5.74, 6) is -1.11. The molecule has 2 aliphatic rings. The molecule has 14 heteroatoms. The molecular formula is C30H43N3O10S. The largest absolute Gasteiger partial charge is 0.491 e. The number of nitrogens with one attached hydrogen (secondary N) is 1. The van der Waals surface area contributed by atoms with E-state index >= 15 is 0 Å². The standard InChI is InChI=1S/C30H43N3O10S/c1-30(2,44)21-26(34)32-31-25-5-3-4-22-20-23(6-7-24(22)25)42-19-18-41-17-16-40-15-14-39-13-12-38-11-10-29(37)43-33-27(35)8-9-28(33)36/h6-7,20,44H,3-5,8-19,21H2,1-2H3,(H,32,34)/b31-25+. The van der Waals surface area contributed by atoms with Crippen LogP contribution in [0.3, 0.4) is 0 Å². The number of hydrogen-bond donors (Lipinski definition) is 2. The highest BCUT2D eigenvalue weighted by Gasteiger charge is 2.32. The van der Waals surface area contributed by atoms with Crippen molar-refractivity contribution in [1.29, 1.82) is 0 Å². The summed E-state index contributed by atoms with van der Waals surface area (Å²) in [6.45, 7) is 6.96. The topological polar surface area (TPSA) is 151 Å². The van der Waals surface area contributed by atoms with Crippen molar-refractivity contribution in [2.24, 2.45) is 5.10 Å². The molecule has 1 N–H and O–H groups in total. The lowest BCUT2D eigenvalue weighted by Gasteiger charge is -2.20. The second-order valence-electron chi connectivity index (χ2n) is 10.8. The van der Waals surface area contributed by atoms with Crippen LogP contribution in [0.25, 0.3) is 0 Å². The molecule has 1 fully saturated rings. The zero-order valence-electron chi connectivity index (χ0n) is 25.5. The van der Waals surface area contributed by atoms with E-state index in [1.165, 1.54) is 0 Å². The average Bonchev–Trinajstić information content (AvgIpc) is 3.29. The van der Waals surface area contributed by atoms with Gasteiger partial charge in [0, 0.05) is 29.6 Å². The van der Waals surface area contributed by atoms with E-state index in [9.17, 15) is 19.2 Å². The Labute approximate surface area is 263 Å². The quantitative estimate of drug-likeness (QED) is 0.0944. The highest BCUT2D eigenvalue weighted by Crippen LogP contribution is 2.26. The molecule has 1 saturated heterocycles. The van der Waals surface area contributed by atoms with Gasteiger partial charge < -0.3 is 28.5 Å². The van der Waals surface area contributed by atoms with Gasteiger partial charge in [-0.1, -0.05) is 13.8 Å². The number of thiol groups is 1. The normalized spacial score (nSPS) is 15.9. The molecule has 3 rings (SSSR count). The molecule has 0 saturated carbocycles. The Kier molecular flexibility index (Phi) is 15.1. The van der Waals surface area contributed by atoms with Crippen molar-refractivity contribution in [3.63, 3.8) is 0 Å². The first-order valence-electron chi connectivity index (χ1n) is 14.8. The van der Waals surface area contributed by atoms with Gasteiger partial charge in [0.2, 0.25) is 5.91 Å². The molecule has 0 unspecified atom stereocenters. The van der Waals surface area contributed by atoms with Crippen LogP contribution in [0.4, 0.5) is 0 Å². The van der Waals surface area contributed by atoms with E-state index in [-0.39, 0.29) is 44.8 Å². The lowest BCUT2D eigenvalue weighted by Crippen LogP contribution is -2.32. The highest BCUT2D eigenvalue weighted by atomic mass is 32.1. The minimum atomic E-state index is -0.700. The van der Waals surface area contributed by atoms with E-state index in [0.29, 0.717) is 51.3 Å². The molecule has 3 amide bonds. The van der Waals surface area contributed by atoms with E-state index in [1.807, 2.05) is 32.0 Å². The van der Waals surface area contributed by atoms with Gasteiger partial charge in [-0.3, -0.25) is 14.4 Å². The summed E-state index contributed by atoms with van der Waals surface area (Å²) < 4.78 is 27.2. The minimum absolute atomic E-state index is 0.0579. The predicted octanol–water partition coefficient (Wildman–Crippen LogP) is 2.38. The van der Waals surface area contributed by atoms with Crippen LogP contribution >= 0.6 is 12.6 Å². The Morgan fingerprint density at radius 2 is 1.45 bits per heavy atom. The van der Waals surface area contributed by atoms with Gasteiger partial charge in [-0.25, -0.2) is 10.2 Å². The van der Waals surface area contributed by atoms with Gasteiger partial charge in [-0.15, -0.1) is 5.06 Å². The molecule has 1 aliphatic carbocycles. The number of hydrazone groups is 1. The number of ether oxygens (including phenoxy) is 5. The third-order valence-electron chi connectivity index (χ3n) is 6.42. The molecule has 1 aromatic carbocycles. The summed E-state index contributed by atoms with van der Waals surface area (Å²) in [6.07, 6.45) is 3.02. The lowest BCUT2D eigenvalue weighted by atomic mass is 9.90. The number of benzene rings is 1. The van der Waals surface area contributed by atoms with Crippen molar-refractivity contribution >= 4 is 42.0 Å². The zero-order chi connectivity index (χ0) is 31.8. The predicted molar refractivity (Wildman–Crippen MR) is 162 cm³/mol. The number of carbonyl (C=O) groups excluding carboxylic acids is 4. The molecule has 0 spiro atoms. The summed E-state index contributed by atoms with van der Waals surface area (Å²) in [7, 11) is 0. The molecule has 244 valence electrons. The van der Waals surface area contributed by atoms with Crippen molar-refractivity contribution in [2.75, 3.05) is 59.5 Å². The maximum absolute atomic E-state index is 12.1. The SMILES string of the molecule is CC(C)(S)CC(=O)N/N=C1\CCCc2cc(OCCOCCOCCOCCOCCC(=O)ON3C(=O)CCC3=O)ccc21. The van der Waals surface area contributed by atoms with Gasteiger partial charge in [0.25, 0.3) is 11.8 Å². The number of rotatable bonds is 20. The van der Waals surface area contributed by atoms with Crippen LogP contribution in [0, 0.1) is 0 Å². The number of carbonyl (C=O) groups is 4. The van der Waals surface area contributed by atoms with E-state index in [4.69, 9.17) is 28.5 Å². The monoisotopic (exact) mass is 637 g/mol. The fourth-order valence-corrected chi connectivity index (χ4v) is 4.49. The van der Waals surface area contributed by atoms with Crippen LogP contribution in [-0.2, 0) is 49.4 Å². The number of imide groups is 1. The number of hydroxylamine groups is 2. The highest BCUT2D eigenvalue weighted by molar-refractivity contribution is 7.81. The third kappa shape index (κ3) is 13.3. The molecule has 1 aliphatic heterocycles. The van der Waals surface area contributed by atoms with Crippen LogP contribution in [-0.4, -0.2) is 98.7 Å². The number of amides is 3. The molecule has 1 heterocycles. The molecule has 0 bridgehead atoms. The first-order valence-corrected chi connectivity index (χ1v) is 15.3. The van der Waals surface area contributed by atoms with Crippen molar-refractivity contribution in [1.82, 2.24) is 10.5 Å². The van der Waals surface area contributed by atoms with Crippen LogP contribution in [0.1, 0.15) is 63.5 Å². The molecule has 0 atom stereocenters. The van der Waals surface area contributed by atoms with Crippen LogP contribution in [0.2, 0.25) is 0 Å². The molecule has 0 aromatic heterocycles. The van der Waals surface area contributed by atoms with Crippen LogP contribution in [0.5, 0.6) is 5.75 Å². The average molecular weight is 638 g/mol. The molecule has 0 radical (unpaired) electrons. The molecule has 44 heavy (non-hydrogen) atoms. The second kappa shape index (κ2) is 18.7. The van der Waals surface area contributed by atoms with Gasteiger partial charge in [0.1, 0.15) is 12.4 Å². The molecule has 1 aromatic rings.